The average molecular weight is 276 g/mol. The van der Waals surface area contributed by atoms with Gasteiger partial charge in [0.05, 0.1) is 6.04 Å². The molecule has 0 aliphatic carbocycles. The van der Waals surface area contributed by atoms with E-state index in [9.17, 15) is 4.79 Å². The summed E-state index contributed by atoms with van der Waals surface area (Å²) < 4.78 is 0. The van der Waals surface area contributed by atoms with Gasteiger partial charge in [0.1, 0.15) is 0 Å². The van der Waals surface area contributed by atoms with Crippen LogP contribution in [0.1, 0.15) is 45.7 Å². The van der Waals surface area contributed by atoms with Crippen molar-refractivity contribution in [2.45, 2.75) is 53.0 Å². The molecular weight excluding hydrogens is 248 g/mol. The zero-order chi connectivity index (χ0) is 15.6. The van der Waals surface area contributed by atoms with Gasteiger partial charge in [-0.3, -0.25) is 4.79 Å². The third-order valence-electron chi connectivity index (χ3n) is 3.75. The monoisotopic (exact) mass is 276 g/mol. The minimum atomic E-state index is -0.490. The molecule has 0 aromatic heterocycles. The van der Waals surface area contributed by atoms with Gasteiger partial charge in [0.15, 0.2) is 0 Å². The second-order valence-electron chi connectivity index (χ2n) is 7.31. The van der Waals surface area contributed by atoms with E-state index in [4.69, 9.17) is 5.73 Å². The van der Waals surface area contributed by atoms with E-state index in [1.807, 2.05) is 20.8 Å². The lowest BCUT2D eigenvalue weighted by atomic mass is 9.83. The molecule has 3 N–H and O–H groups in total. The minimum Gasteiger partial charge on any atom is -0.354 e. The molecule has 1 atom stereocenters. The van der Waals surface area contributed by atoms with Gasteiger partial charge in [-0.2, -0.15) is 0 Å². The number of hydrogen-bond acceptors (Lipinski definition) is 2. The fourth-order valence-electron chi connectivity index (χ4n) is 1.92. The van der Waals surface area contributed by atoms with Gasteiger partial charge >= 0.3 is 0 Å². The molecule has 0 aliphatic heterocycles. The lowest BCUT2D eigenvalue weighted by Crippen LogP contribution is -2.50. The van der Waals surface area contributed by atoms with E-state index in [1.165, 1.54) is 11.1 Å². The summed E-state index contributed by atoms with van der Waals surface area (Å²) in [6.45, 7) is 12.8. The van der Waals surface area contributed by atoms with Crippen molar-refractivity contribution in [3.8, 4) is 0 Å². The highest BCUT2D eigenvalue weighted by molar-refractivity contribution is 5.82. The molecule has 1 rings (SSSR count). The van der Waals surface area contributed by atoms with E-state index in [2.05, 4.69) is 50.4 Å². The number of carbonyl (C=O) groups is 1. The molecule has 0 aliphatic rings. The molecule has 0 radical (unpaired) electrons. The molecule has 112 valence electrons. The lowest BCUT2D eigenvalue weighted by Gasteiger charge is -2.30. The van der Waals surface area contributed by atoms with Gasteiger partial charge in [-0.05, 0) is 17.9 Å². The van der Waals surface area contributed by atoms with E-state index in [-0.39, 0.29) is 16.7 Å². The Balaban J connectivity index is 2.68. The number of amides is 1. The van der Waals surface area contributed by atoms with Crippen LogP contribution in [0.4, 0.5) is 0 Å². The second-order valence-corrected chi connectivity index (χ2v) is 7.31. The van der Waals surface area contributed by atoms with Crippen LogP contribution in [0.3, 0.4) is 0 Å². The van der Waals surface area contributed by atoms with Gasteiger partial charge in [-0.25, -0.2) is 0 Å². The van der Waals surface area contributed by atoms with Crippen molar-refractivity contribution in [1.29, 1.82) is 0 Å². The molecule has 3 nitrogen and oxygen atoms in total. The first-order chi connectivity index (χ1) is 9.04. The third kappa shape index (κ3) is 4.34. The summed E-state index contributed by atoms with van der Waals surface area (Å²) in [5.74, 6) is -0.0855. The number of benzene rings is 1. The molecule has 0 spiro atoms. The normalized spacial score (nSPS) is 13.9. The largest absolute Gasteiger partial charge is 0.354 e. The van der Waals surface area contributed by atoms with Crippen molar-refractivity contribution < 1.29 is 4.79 Å². The molecule has 0 saturated heterocycles. The van der Waals surface area contributed by atoms with E-state index in [0.29, 0.717) is 6.54 Å². The van der Waals surface area contributed by atoms with Crippen LogP contribution in [0.15, 0.2) is 24.3 Å². The summed E-state index contributed by atoms with van der Waals surface area (Å²) in [6.07, 6.45) is 0. The predicted octanol–water partition coefficient (Wildman–Crippen LogP) is 2.76. The maximum atomic E-state index is 12.1. The molecule has 1 aromatic rings. The molecule has 1 aromatic carbocycles. The maximum Gasteiger partial charge on any atom is 0.237 e. The summed E-state index contributed by atoms with van der Waals surface area (Å²) in [5, 5.41) is 2.98. The number of rotatable bonds is 4. The zero-order valence-corrected chi connectivity index (χ0v) is 13.6. The van der Waals surface area contributed by atoms with Crippen LogP contribution < -0.4 is 11.1 Å². The maximum absolute atomic E-state index is 12.1. The average Bonchev–Trinajstić information content (AvgIpc) is 2.34. The summed E-state index contributed by atoms with van der Waals surface area (Å²) in [4.78, 5) is 12.1. The van der Waals surface area contributed by atoms with Gasteiger partial charge < -0.3 is 11.1 Å². The number of nitrogens with two attached hydrogens (primary N) is 1. The molecule has 0 bridgehead atoms. The van der Waals surface area contributed by atoms with Crippen molar-refractivity contribution in [1.82, 2.24) is 5.32 Å². The Bertz CT molecular complexity index is 455. The van der Waals surface area contributed by atoms with Crippen LogP contribution in [0.5, 0.6) is 0 Å². The van der Waals surface area contributed by atoms with Gasteiger partial charge in [0.2, 0.25) is 5.91 Å². The Hall–Kier alpha value is -1.35. The topological polar surface area (TPSA) is 55.1 Å². The van der Waals surface area contributed by atoms with Gasteiger partial charge in [-0.1, -0.05) is 64.4 Å². The van der Waals surface area contributed by atoms with Gasteiger partial charge in [0, 0.05) is 12.0 Å². The Kier molecular flexibility index (Phi) is 4.98. The summed E-state index contributed by atoms with van der Waals surface area (Å²) in [6, 6.07) is 7.94. The van der Waals surface area contributed by atoms with Gasteiger partial charge in [0.25, 0.3) is 0 Å². The Labute approximate surface area is 122 Å². The van der Waals surface area contributed by atoms with E-state index in [1.54, 1.807) is 0 Å². The fourth-order valence-corrected chi connectivity index (χ4v) is 1.92. The SMILES string of the molecule is Cc1ccc(C(C)(C)CNC(=O)[C@@H](N)C(C)(C)C)cc1. The minimum absolute atomic E-state index is 0.0855. The van der Waals surface area contributed by atoms with Crippen molar-refractivity contribution in [2.75, 3.05) is 6.54 Å². The van der Waals surface area contributed by atoms with Crippen molar-refractivity contribution in [2.24, 2.45) is 11.1 Å². The van der Waals surface area contributed by atoms with Crippen LogP contribution in [-0.4, -0.2) is 18.5 Å². The van der Waals surface area contributed by atoms with Crippen LogP contribution in [0, 0.1) is 12.3 Å². The standard InChI is InChI=1S/C17H28N2O/c1-12-7-9-13(10-8-12)17(5,6)11-19-15(20)14(18)16(2,3)4/h7-10,14H,11,18H2,1-6H3,(H,19,20)/t14-/m1/s1. The predicted molar refractivity (Wildman–Crippen MR) is 84.6 cm³/mol. The molecule has 20 heavy (non-hydrogen) atoms. The highest BCUT2D eigenvalue weighted by Gasteiger charge is 2.29. The molecular formula is C17H28N2O. The highest BCUT2D eigenvalue weighted by Crippen LogP contribution is 2.23. The van der Waals surface area contributed by atoms with Crippen molar-refractivity contribution in [3.63, 3.8) is 0 Å². The Morgan fingerprint density at radius 2 is 1.65 bits per heavy atom. The summed E-state index contributed by atoms with van der Waals surface area (Å²) >= 11 is 0. The van der Waals surface area contributed by atoms with E-state index < -0.39 is 6.04 Å². The molecule has 0 fully saturated rings. The fraction of sp³-hybridized carbons (Fsp3) is 0.588. The Morgan fingerprint density at radius 3 is 2.10 bits per heavy atom. The zero-order valence-electron chi connectivity index (χ0n) is 13.6. The lowest BCUT2D eigenvalue weighted by molar-refractivity contribution is -0.124. The number of nitrogens with one attached hydrogen (secondary N) is 1. The van der Waals surface area contributed by atoms with Crippen LogP contribution >= 0.6 is 0 Å². The van der Waals surface area contributed by atoms with Crippen LogP contribution in [0.2, 0.25) is 0 Å². The molecule has 0 saturated carbocycles. The van der Waals surface area contributed by atoms with Crippen LogP contribution in [-0.2, 0) is 10.2 Å². The van der Waals surface area contributed by atoms with Gasteiger partial charge in [-0.15, -0.1) is 0 Å². The number of aryl methyl sites for hydroxylation is 1. The Morgan fingerprint density at radius 1 is 1.15 bits per heavy atom. The molecule has 1 amide bonds. The molecule has 3 heteroatoms. The number of carbonyl (C=O) groups excluding carboxylic acids is 1. The first-order valence-corrected chi connectivity index (χ1v) is 7.14. The first kappa shape index (κ1) is 16.7. The summed E-state index contributed by atoms with van der Waals surface area (Å²) in [7, 11) is 0. The molecule has 0 unspecified atom stereocenters. The van der Waals surface area contributed by atoms with E-state index >= 15 is 0 Å². The summed E-state index contributed by atoms with van der Waals surface area (Å²) in [5.41, 5.74) is 8.09. The second kappa shape index (κ2) is 5.96. The highest BCUT2D eigenvalue weighted by atomic mass is 16.2. The third-order valence-corrected chi connectivity index (χ3v) is 3.75. The molecule has 0 heterocycles. The smallest absolute Gasteiger partial charge is 0.237 e. The van der Waals surface area contributed by atoms with Crippen LogP contribution in [0.25, 0.3) is 0 Å². The first-order valence-electron chi connectivity index (χ1n) is 7.14. The van der Waals surface area contributed by atoms with Crippen molar-refractivity contribution in [3.05, 3.63) is 35.4 Å². The number of hydrogen-bond donors (Lipinski definition) is 2. The van der Waals surface area contributed by atoms with Crippen molar-refractivity contribution >= 4 is 5.91 Å². The van der Waals surface area contributed by atoms with E-state index in [0.717, 1.165) is 0 Å². The quantitative estimate of drug-likeness (QED) is 0.888.